The van der Waals surface area contributed by atoms with Crippen LogP contribution in [0.4, 0.5) is 14.6 Å². The van der Waals surface area contributed by atoms with Crippen LogP contribution in [0.5, 0.6) is 0 Å². The monoisotopic (exact) mass is 336 g/mol. The molecule has 0 saturated carbocycles. The van der Waals surface area contributed by atoms with Crippen LogP contribution in [0.15, 0.2) is 27.8 Å². The van der Waals surface area contributed by atoms with Crippen molar-refractivity contribution in [1.29, 1.82) is 5.26 Å². The number of rotatable bonds is 4. The number of aromatic nitrogens is 2. The molecule has 1 heterocycles. The molecule has 0 unspecified atom stereocenters. The van der Waals surface area contributed by atoms with E-state index in [2.05, 4.69) is 5.32 Å². The Bertz CT molecular complexity index is 943. The van der Waals surface area contributed by atoms with Crippen molar-refractivity contribution in [2.75, 3.05) is 11.9 Å². The Morgan fingerprint density at radius 2 is 1.96 bits per heavy atom. The first kappa shape index (κ1) is 17.4. The van der Waals surface area contributed by atoms with E-state index in [0.717, 1.165) is 21.3 Å². The number of nitriles is 1. The van der Waals surface area contributed by atoms with Crippen LogP contribution in [0.2, 0.25) is 0 Å². The summed E-state index contributed by atoms with van der Waals surface area (Å²) >= 11 is 0. The van der Waals surface area contributed by atoms with E-state index in [0.29, 0.717) is 6.07 Å². The Balaban J connectivity index is 2.34. The summed E-state index contributed by atoms with van der Waals surface area (Å²) in [4.78, 5) is 23.8. The molecule has 2 N–H and O–H groups in total. The molecule has 24 heavy (non-hydrogen) atoms. The highest BCUT2D eigenvalue weighted by Crippen LogP contribution is 2.19. The molecule has 1 aromatic heterocycles. The van der Waals surface area contributed by atoms with Crippen LogP contribution in [0.25, 0.3) is 0 Å². The molecule has 2 rings (SSSR count). The zero-order chi connectivity index (χ0) is 18.0. The second-order valence-electron chi connectivity index (χ2n) is 5.10. The number of hydrogen-bond donors (Lipinski definition) is 2. The lowest BCUT2D eigenvalue weighted by molar-refractivity contribution is 0.186. The molecule has 0 saturated heterocycles. The standard InChI is InChI=1S/C15H14F2N4O3/c1-20-13(10(6-18)14(23)21(2)15(20)24)19-7-12(22)9-4-3-8(16)5-11(9)17/h3-5,12,19,22H,7H2,1-2H3/t12-/m0/s1. The number of hydrogen-bond acceptors (Lipinski definition) is 5. The Morgan fingerprint density at radius 3 is 2.54 bits per heavy atom. The third-order valence-corrected chi connectivity index (χ3v) is 3.56. The van der Waals surface area contributed by atoms with Crippen LogP contribution in [-0.4, -0.2) is 20.8 Å². The number of nitrogens with zero attached hydrogens (tertiary/aromatic N) is 3. The maximum Gasteiger partial charge on any atom is 0.332 e. The van der Waals surface area contributed by atoms with Gasteiger partial charge in [-0.05, 0) is 6.07 Å². The summed E-state index contributed by atoms with van der Waals surface area (Å²) in [6.07, 6.45) is -1.38. The van der Waals surface area contributed by atoms with Gasteiger partial charge < -0.3 is 10.4 Å². The zero-order valence-corrected chi connectivity index (χ0v) is 12.9. The lowest BCUT2D eigenvalue weighted by atomic mass is 10.1. The van der Waals surface area contributed by atoms with E-state index in [4.69, 9.17) is 5.26 Å². The molecule has 0 fully saturated rings. The Kier molecular flexibility index (Phi) is 4.80. The molecular formula is C15H14F2N4O3. The van der Waals surface area contributed by atoms with Gasteiger partial charge in [-0.1, -0.05) is 6.07 Å². The van der Waals surface area contributed by atoms with Gasteiger partial charge in [-0.15, -0.1) is 0 Å². The minimum absolute atomic E-state index is 0.0906. The zero-order valence-electron chi connectivity index (χ0n) is 12.9. The summed E-state index contributed by atoms with van der Waals surface area (Å²) in [5.74, 6) is -1.80. The van der Waals surface area contributed by atoms with Gasteiger partial charge in [-0.25, -0.2) is 13.6 Å². The molecule has 1 aromatic carbocycles. The number of anilines is 1. The first-order valence-electron chi connectivity index (χ1n) is 6.85. The fourth-order valence-electron chi connectivity index (χ4n) is 2.23. The molecule has 0 amide bonds. The SMILES string of the molecule is Cn1c(NC[C@H](O)c2ccc(F)cc2F)c(C#N)c(=O)n(C)c1=O. The molecule has 2 aromatic rings. The molecule has 0 bridgehead atoms. The van der Waals surface area contributed by atoms with Gasteiger partial charge in [0.25, 0.3) is 5.56 Å². The number of aliphatic hydroxyl groups excluding tert-OH is 1. The molecule has 0 spiro atoms. The van der Waals surface area contributed by atoms with Crippen LogP contribution >= 0.6 is 0 Å². The van der Waals surface area contributed by atoms with E-state index >= 15 is 0 Å². The minimum atomic E-state index is -1.38. The Labute approximate surface area is 135 Å². The summed E-state index contributed by atoms with van der Waals surface area (Å²) in [6, 6.07) is 4.41. The topological polar surface area (TPSA) is 100 Å². The van der Waals surface area contributed by atoms with Crippen LogP contribution in [0, 0.1) is 23.0 Å². The highest BCUT2D eigenvalue weighted by atomic mass is 19.1. The van der Waals surface area contributed by atoms with E-state index in [1.165, 1.54) is 14.1 Å². The summed E-state index contributed by atoms with van der Waals surface area (Å²) in [5, 5.41) is 21.7. The Hall–Kier alpha value is -2.99. The lowest BCUT2D eigenvalue weighted by Crippen LogP contribution is -2.40. The van der Waals surface area contributed by atoms with E-state index in [-0.39, 0.29) is 23.5 Å². The molecule has 0 aliphatic carbocycles. The van der Waals surface area contributed by atoms with Crippen molar-refractivity contribution in [2.45, 2.75) is 6.10 Å². The highest BCUT2D eigenvalue weighted by molar-refractivity contribution is 5.51. The van der Waals surface area contributed by atoms with Gasteiger partial charge >= 0.3 is 5.69 Å². The summed E-state index contributed by atoms with van der Waals surface area (Å²) in [7, 11) is 2.58. The van der Waals surface area contributed by atoms with Gasteiger partial charge in [0, 0.05) is 32.3 Å². The van der Waals surface area contributed by atoms with Crippen molar-refractivity contribution >= 4 is 5.82 Å². The molecule has 9 heteroatoms. The molecule has 0 aliphatic heterocycles. The number of halogens is 2. The van der Waals surface area contributed by atoms with Gasteiger partial charge in [-0.3, -0.25) is 13.9 Å². The van der Waals surface area contributed by atoms with Crippen LogP contribution in [0.3, 0.4) is 0 Å². The first-order chi connectivity index (χ1) is 11.3. The summed E-state index contributed by atoms with van der Waals surface area (Å²) < 4.78 is 28.3. The van der Waals surface area contributed by atoms with Crippen molar-refractivity contribution in [3.63, 3.8) is 0 Å². The van der Waals surface area contributed by atoms with Gasteiger partial charge in [0.1, 0.15) is 23.5 Å². The molecule has 1 atom stereocenters. The first-order valence-corrected chi connectivity index (χ1v) is 6.85. The van der Waals surface area contributed by atoms with Gasteiger partial charge in [-0.2, -0.15) is 5.26 Å². The van der Waals surface area contributed by atoms with E-state index in [1.54, 1.807) is 6.07 Å². The van der Waals surface area contributed by atoms with E-state index < -0.39 is 29.0 Å². The average molecular weight is 336 g/mol. The second-order valence-corrected chi connectivity index (χ2v) is 5.10. The van der Waals surface area contributed by atoms with Crippen molar-refractivity contribution in [1.82, 2.24) is 9.13 Å². The molecular weight excluding hydrogens is 322 g/mol. The minimum Gasteiger partial charge on any atom is -0.386 e. The quantitative estimate of drug-likeness (QED) is 0.841. The van der Waals surface area contributed by atoms with Crippen molar-refractivity contribution in [3.05, 3.63) is 61.8 Å². The normalized spacial score (nSPS) is 11.8. The van der Waals surface area contributed by atoms with Crippen LogP contribution < -0.4 is 16.6 Å². The van der Waals surface area contributed by atoms with Crippen LogP contribution in [-0.2, 0) is 14.1 Å². The van der Waals surface area contributed by atoms with Crippen molar-refractivity contribution in [2.24, 2.45) is 14.1 Å². The second kappa shape index (κ2) is 6.64. The van der Waals surface area contributed by atoms with E-state index in [9.17, 15) is 23.5 Å². The molecule has 7 nitrogen and oxygen atoms in total. The molecule has 0 radical (unpaired) electrons. The predicted molar refractivity (Wildman–Crippen MR) is 81.4 cm³/mol. The summed E-state index contributed by atoms with van der Waals surface area (Å²) in [6.45, 7) is -0.294. The Morgan fingerprint density at radius 1 is 1.29 bits per heavy atom. The number of benzene rings is 1. The maximum atomic E-state index is 13.6. The highest BCUT2D eigenvalue weighted by Gasteiger charge is 2.18. The van der Waals surface area contributed by atoms with Crippen molar-refractivity contribution in [3.8, 4) is 6.07 Å². The van der Waals surface area contributed by atoms with Crippen molar-refractivity contribution < 1.29 is 13.9 Å². The average Bonchev–Trinajstić information content (AvgIpc) is 2.54. The maximum absolute atomic E-state index is 13.6. The fraction of sp³-hybridized carbons (Fsp3) is 0.267. The molecule has 126 valence electrons. The third-order valence-electron chi connectivity index (χ3n) is 3.56. The smallest absolute Gasteiger partial charge is 0.332 e. The number of nitrogens with one attached hydrogen (secondary N) is 1. The largest absolute Gasteiger partial charge is 0.386 e. The van der Waals surface area contributed by atoms with Crippen LogP contribution in [0.1, 0.15) is 17.2 Å². The van der Waals surface area contributed by atoms with Gasteiger partial charge in [0.2, 0.25) is 0 Å². The molecule has 0 aliphatic rings. The number of aliphatic hydroxyl groups is 1. The summed E-state index contributed by atoms with van der Waals surface area (Å²) in [5.41, 5.74) is -1.92. The van der Waals surface area contributed by atoms with Gasteiger partial charge in [0.05, 0.1) is 6.10 Å². The fourth-order valence-corrected chi connectivity index (χ4v) is 2.23. The lowest BCUT2D eigenvalue weighted by Gasteiger charge is -2.17. The third kappa shape index (κ3) is 3.04. The predicted octanol–water partition coefficient (Wildman–Crippen LogP) is 0.379. The van der Waals surface area contributed by atoms with E-state index in [1.807, 2.05) is 0 Å². The van der Waals surface area contributed by atoms with Gasteiger partial charge in [0.15, 0.2) is 5.56 Å².